The third-order valence-electron chi connectivity index (χ3n) is 5.11. The van der Waals surface area contributed by atoms with Crippen LogP contribution in [0.3, 0.4) is 0 Å². The van der Waals surface area contributed by atoms with Crippen LogP contribution in [0.25, 0.3) is 0 Å². The Balaban J connectivity index is 1.72. The zero-order valence-electron chi connectivity index (χ0n) is 13.7. The Hall–Kier alpha value is -1.74. The molecule has 23 heavy (non-hydrogen) atoms. The summed E-state index contributed by atoms with van der Waals surface area (Å²) in [4.78, 5) is 1.32. The molecule has 2 aromatic rings. The fourth-order valence-electron chi connectivity index (χ4n) is 4.01. The van der Waals surface area contributed by atoms with E-state index in [9.17, 15) is 0 Å². The van der Waals surface area contributed by atoms with Crippen LogP contribution in [-0.4, -0.2) is 24.0 Å². The van der Waals surface area contributed by atoms with Crippen LogP contribution >= 0.6 is 11.8 Å². The van der Waals surface area contributed by atoms with Crippen molar-refractivity contribution in [3.63, 3.8) is 0 Å². The first-order chi connectivity index (χ1) is 11.3. The minimum Gasteiger partial charge on any atom is -0.292 e. The van der Waals surface area contributed by atoms with Crippen molar-refractivity contribution in [2.75, 3.05) is 13.3 Å². The number of nitrogens with zero attached hydrogens (tertiary/aromatic N) is 2. The third kappa shape index (κ3) is 2.57. The summed E-state index contributed by atoms with van der Waals surface area (Å²) in [5.74, 6) is 0.503. The highest BCUT2D eigenvalue weighted by Crippen LogP contribution is 2.41. The Labute approximate surface area is 142 Å². The Morgan fingerprint density at radius 2 is 1.87 bits per heavy atom. The maximum Gasteiger partial charge on any atom is 0.0801 e. The Morgan fingerprint density at radius 1 is 1.09 bits per heavy atom. The molecule has 2 aliphatic rings. The van der Waals surface area contributed by atoms with Gasteiger partial charge in [0.15, 0.2) is 0 Å². The van der Waals surface area contributed by atoms with Gasteiger partial charge in [0.25, 0.3) is 0 Å². The normalized spacial score (nSPS) is 23.0. The van der Waals surface area contributed by atoms with Crippen molar-refractivity contribution in [1.29, 1.82) is 0 Å². The van der Waals surface area contributed by atoms with E-state index in [0.29, 0.717) is 12.0 Å². The van der Waals surface area contributed by atoms with Gasteiger partial charge in [-0.2, -0.15) is 5.10 Å². The van der Waals surface area contributed by atoms with Crippen LogP contribution in [0.15, 0.2) is 58.5 Å². The highest BCUT2D eigenvalue weighted by atomic mass is 32.2. The van der Waals surface area contributed by atoms with Crippen LogP contribution in [0, 0.1) is 5.92 Å². The first kappa shape index (κ1) is 14.8. The molecule has 0 aromatic heterocycles. The zero-order chi connectivity index (χ0) is 15.8. The molecule has 3 heteroatoms. The number of hydrazone groups is 1. The fourth-order valence-corrected chi connectivity index (χ4v) is 4.42. The number of aryl methyl sites for hydroxylation is 1. The first-order valence-electron chi connectivity index (χ1n) is 8.31. The summed E-state index contributed by atoms with van der Waals surface area (Å²) >= 11 is 1.80. The van der Waals surface area contributed by atoms with E-state index in [0.717, 1.165) is 0 Å². The fraction of sp³-hybridized carbons (Fsp3) is 0.350. The molecule has 0 radical (unpaired) electrons. The molecule has 0 N–H and O–H groups in total. The van der Waals surface area contributed by atoms with E-state index in [1.807, 2.05) is 0 Å². The number of hydrogen-bond donors (Lipinski definition) is 0. The maximum atomic E-state index is 4.96. The second-order valence-electron chi connectivity index (χ2n) is 6.43. The van der Waals surface area contributed by atoms with Crippen molar-refractivity contribution < 1.29 is 0 Å². The topological polar surface area (TPSA) is 15.6 Å². The van der Waals surface area contributed by atoms with E-state index in [4.69, 9.17) is 5.10 Å². The molecule has 0 spiro atoms. The summed E-state index contributed by atoms with van der Waals surface area (Å²) in [6.07, 6.45) is 5.76. The Morgan fingerprint density at radius 3 is 2.65 bits per heavy atom. The van der Waals surface area contributed by atoms with Crippen molar-refractivity contribution in [3.05, 3.63) is 65.2 Å². The Kier molecular flexibility index (Phi) is 3.90. The predicted molar refractivity (Wildman–Crippen MR) is 98.1 cm³/mol. The largest absolute Gasteiger partial charge is 0.292 e. The summed E-state index contributed by atoms with van der Waals surface area (Å²) < 4.78 is 0. The van der Waals surface area contributed by atoms with Crippen molar-refractivity contribution in [2.24, 2.45) is 11.0 Å². The van der Waals surface area contributed by atoms with Gasteiger partial charge in [-0.05, 0) is 48.8 Å². The molecule has 2 aromatic carbocycles. The van der Waals surface area contributed by atoms with Gasteiger partial charge in [0.1, 0.15) is 0 Å². The van der Waals surface area contributed by atoms with Crippen LogP contribution in [0.4, 0.5) is 0 Å². The second-order valence-corrected chi connectivity index (χ2v) is 7.31. The lowest BCUT2D eigenvalue weighted by Gasteiger charge is -2.25. The number of thioether (sulfide) groups is 1. The molecule has 0 unspecified atom stereocenters. The summed E-state index contributed by atoms with van der Waals surface area (Å²) in [6.45, 7) is 0. The van der Waals surface area contributed by atoms with Gasteiger partial charge in [0, 0.05) is 23.4 Å². The molecule has 0 fully saturated rings. The molecule has 1 heterocycles. The molecule has 2 atom stereocenters. The molecule has 0 saturated carbocycles. The van der Waals surface area contributed by atoms with Crippen LogP contribution in [0.5, 0.6) is 0 Å². The minimum atomic E-state index is 0.368. The van der Waals surface area contributed by atoms with Crippen molar-refractivity contribution in [1.82, 2.24) is 5.01 Å². The minimum absolute atomic E-state index is 0.368. The highest BCUT2D eigenvalue weighted by molar-refractivity contribution is 7.98. The van der Waals surface area contributed by atoms with Crippen molar-refractivity contribution >= 4 is 17.5 Å². The predicted octanol–water partition coefficient (Wildman–Crippen LogP) is 4.75. The molecule has 0 amide bonds. The van der Waals surface area contributed by atoms with E-state index in [-0.39, 0.29) is 0 Å². The quantitative estimate of drug-likeness (QED) is 0.741. The molecule has 4 rings (SSSR count). The standard InChI is InChI=1S/C20H22N2S/c1-22-20(15-10-12-16(23-2)13-11-15)18-9-5-7-14-6-3-4-8-17(14)19(18)21-22/h3-4,6,8,10-13,18,20H,5,7,9H2,1-2H3/t18-,20+/m1/s1. The summed E-state index contributed by atoms with van der Waals surface area (Å²) in [5, 5.41) is 7.13. The number of fused-ring (bicyclic) bond motifs is 3. The lowest BCUT2D eigenvalue weighted by molar-refractivity contribution is 0.243. The van der Waals surface area contributed by atoms with Crippen LogP contribution in [0.2, 0.25) is 0 Å². The molecule has 2 nitrogen and oxygen atoms in total. The number of hydrogen-bond acceptors (Lipinski definition) is 3. The van der Waals surface area contributed by atoms with Crippen LogP contribution < -0.4 is 0 Å². The van der Waals surface area contributed by atoms with E-state index in [2.05, 4.69) is 66.8 Å². The lowest BCUT2D eigenvalue weighted by atomic mass is 9.85. The molecular weight excluding hydrogens is 300 g/mol. The first-order valence-corrected chi connectivity index (χ1v) is 9.54. The molecule has 1 aliphatic heterocycles. The van der Waals surface area contributed by atoms with Gasteiger partial charge in [-0.15, -0.1) is 11.8 Å². The second kappa shape index (κ2) is 6.04. The van der Waals surface area contributed by atoms with Gasteiger partial charge in [0.2, 0.25) is 0 Å². The van der Waals surface area contributed by atoms with E-state index in [1.165, 1.54) is 46.6 Å². The van der Waals surface area contributed by atoms with Crippen molar-refractivity contribution in [2.45, 2.75) is 30.2 Å². The third-order valence-corrected chi connectivity index (χ3v) is 5.86. The van der Waals surface area contributed by atoms with Gasteiger partial charge < -0.3 is 0 Å². The van der Waals surface area contributed by atoms with Gasteiger partial charge in [-0.3, -0.25) is 5.01 Å². The maximum absolute atomic E-state index is 4.96. The van der Waals surface area contributed by atoms with Gasteiger partial charge in [-0.1, -0.05) is 36.4 Å². The van der Waals surface area contributed by atoms with Crippen LogP contribution in [-0.2, 0) is 6.42 Å². The van der Waals surface area contributed by atoms with Gasteiger partial charge >= 0.3 is 0 Å². The van der Waals surface area contributed by atoms with E-state index in [1.54, 1.807) is 11.8 Å². The number of rotatable bonds is 2. The molecule has 0 bridgehead atoms. The summed E-state index contributed by atoms with van der Waals surface area (Å²) in [5.41, 5.74) is 5.50. The summed E-state index contributed by atoms with van der Waals surface area (Å²) in [7, 11) is 2.12. The van der Waals surface area contributed by atoms with Crippen molar-refractivity contribution in [3.8, 4) is 0 Å². The number of benzene rings is 2. The monoisotopic (exact) mass is 322 g/mol. The van der Waals surface area contributed by atoms with Crippen LogP contribution in [0.1, 0.15) is 35.6 Å². The molecular formula is C20H22N2S. The van der Waals surface area contributed by atoms with E-state index < -0.39 is 0 Å². The average molecular weight is 322 g/mol. The molecule has 0 saturated heterocycles. The Bertz CT molecular complexity index is 736. The van der Waals surface area contributed by atoms with Gasteiger partial charge in [-0.25, -0.2) is 0 Å². The summed E-state index contributed by atoms with van der Waals surface area (Å²) in [6, 6.07) is 18.2. The smallest absolute Gasteiger partial charge is 0.0801 e. The molecule has 1 aliphatic carbocycles. The average Bonchev–Trinajstić information content (AvgIpc) is 2.81. The SMILES string of the molecule is CSc1ccc([C@H]2[C@@H]3CCCc4ccccc4C3=NN2C)cc1. The van der Waals surface area contributed by atoms with Gasteiger partial charge in [0.05, 0.1) is 11.8 Å². The van der Waals surface area contributed by atoms with E-state index >= 15 is 0 Å². The zero-order valence-corrected chi connectivity index (χ0v) is 14.5. The lowest BCUT2D eigenvalue weighted by Crippen LogP contribution is -2.23. The highest BCUT2D eigenvalue weighted by Gasteiger charge is 2.38. The molecule has 118 valence electrons.